The molecule has 0 fully saturated rings. The second-order valence-corrected chi connectivity index (χ2v) is 18.1. The first-order chi connectivity index (χ1) is 29.5. The molecule has 2 aliphatic heterocycles. The maximum Gasteiger partial charge on any atom is 0.329 e. The van der Waals surface area contributed by atoms with E-state index in [9.17, 15) is 28.8 Å². The number of hydrogen-bond acceptors (Lipinski definition) is 10. The normalized spacial score (nSPS) is 17.2. The number of ketones is 2. The van der Waals surface area contributed by atoms with Crippen LogP contribution < -0.4 is 10.6 Å². The van der Waals surface area contributed by atoms with Gasteiger partial charge in [0.25, 0.3) is 0 Å². The lowest BCUT2D eigenvalue weighted by molar-refractivity contribution is -0.159. The Morgan fingerprint density at radius 2 is 1.26 bits per heavy atom. The van der Waals surface area contributed by atoms with E-state index in [1.807, 2.05) is 94.4 Å². The third kappa shape index (κ3) is 11.3. The van der Waals surface area contributed by atoms with Crippen molar-refractivity contribution in [2.24, 2.45) is 17.8 Å². The SMILES string of the molecule is CCC(C)C(NC1=CN(C(=O)C(CC(C)C)NC2=CN(C(=O)C(Cc3ccccc3)C(=O)OCC3c4ccccc4-c4ccccc43)CC(=O)C2)CC(=O)C1)C(=O)OC(C)(C)C. The number of ether oxygens (including phenoxy) is 2. The minimum absolute atomic E-state index is 0.0202. The van der Waals surface area contributed by atoms with Crippen LogP contribution in [0, 0.1) is 17.8 Å². The number of rotatable bonds is 16. The fourth-order valence-electron chi connectivity index (χ4n) is 8.31. The molecule has 3 aliphatic rings. The highest BCUT2D eigenvalue weighted by Crippen LogP contribution is 2.44. The lowest BCUT2D eigenvalue weighted by Crippen LogP contribution is -2.51. The van der Waals surface area contributed by atoms with Crippen LogP contribution >= 0.6 is 0 Å². The fourth-order valence-corrected chi connectivity index (χ4v) is 8.31. The van der Waals surface area contributed by atoms with Gasteiger partial charge in [0, 0.05) is 42.6 Å². The van der Waals surface area contributed by atoms with Crippen molar-refractivity contribution in [3.05, 3.63) is 119 Å². The standard InChI is InChI=1S/C50H60N4O8/c1-8-32(4)45(49(60)62-50(5,6)7)52-35-25-37(56)29-54(27-35)47(58)44(22-31(2)3)51-34-24-36(55)28-53(26-34)46(57)42(23-33-16-10-9-11-17-33)48(59)61-30-43-40-20-14-12-18-38(40)39-19-13-15-21-41(39)43/h9-21,26-27,31-32,42-45,51-52H,8,22-25,28-30H2,1-7H3. The zero-order valence-corrected chi connectivity index (χ0v) is 36.9. The van der Waals surface area contributed by atoms with Crippen LogP contribution in [0.15, 0.2) is 103 Å². The van der Waals surface area contributed by atoms with Crippen molar-refractivity contribution in [2.45, 2.75) is 104 Å². The number of nitrogens with zero attached hydrogens (tertiary/aromatic N) is 2. The molecule has 3 aromatic carbocycles. The third-order valence-electron chi connectivity index (χ3n) is 11.5. The minimum Gasteiger partial charge on any atom is -0.464 e. The van der Waals surface area contributed by atoms with Gasteiger partial charge < -0.3 is 29.9 Å². The van der Waals surface area contributed by atoms with Crippen LogP contribution in [0.4, 0.5) is 0 Å². The number of amides is 2. The van der Waals surface area contributed by atoms with E-state index in [1.165, 1.54) is 16.0 Å². The second-order valence-electron chi connectivity index (χ2n) is 18.1. The number of esters is 2. The smallest absolute Gasteiger partial charge is 0.329 e. The first kappa shape index (κ1) is 45.5. The molecule has 3 aromatic rings. The molecule has 12 nitrogen and oxygen atoms in total. The average Bonchev–Trinajstić information content (AvgIpc) is 3.55. The maximum atomic E-state index is 14.5. The highest BCUT2D eigenvalue weighted by molar-refractivity contribution is 6.01. The predicted molar refractivity (Wildman–Crippen MR) is 236 cm³/mol. The molecule has 4 unspecified atom stereocenters. The molecule has 0 spiro atoms. The van der Waals surface area contributed by atoms with Crippen molar-refractivity contribution in [1.29, 1.82) is 0 Å². The minimum atomic E-state index is -1.25. The van der Waals surface area contributed by atoms with Gasteiger partial charge in [-0.1, -0.05) is 113 Å². The molecule has 12 heteroatoms. The molecule has 6 rings (SSSR count). The Morgan fingerprint density at radius 1 is 0.726 bits per heavy atom. The number of benzene rings is 3. The van der Waals surface area contributed by atoms with Crippen molar-refractivity contribution in [1.82, 2.24) is 20.4 Å². The van der Waals surface area contributed by atoms with Gasteiger partial charge in [-0.2, -0.15) is 0 Å². The fraction of sp³-hybridized carbons (Fsp3) is 0.440. The number of nitrogens with one attached hydrogen (secondary N) is 2. The Bertz CT molecular complexity index is 2180. The first-order valence-electron chi connectivity index (χ1n) is 21.7. The number of carbonyl (C=O) groups excluding carboxylic acids is 6. The number of hydrogen-bond donors (Lipinski definition) is 2. The van der Waals surface area contributed by atoms with Crippen LogP contribution in [0.1, 0.15) is 96.8 Å². The summed E-state index contributed by atoms with van der Waals surface area (Å²) in [5.74, 6) is -4.17. The quantitative estimate of drug-likeness (QED) is 0.116. The summed E-state index contributed by atoms with van der Waals surface area (Å²) in [6, 6.07) is 23.6. The van der Waals surface area contributed by atoms with Gasteiger partial charge in [-0.25, -0.2) is 4.79 Å². The average molecular weight is 845 g/mol. The van der Waals surface area contributed by atoms with E-state index in [1.54, 1.807) is 27.0 Å². The Kier molecular flexibility index (Phi) is 14.5. The van der Waals surface area contributed by atoms with Gasteiger partial charge in [-0.05, 0) is 73.3 Å². The summed E-state index contributed by atoms with van der Waals surface area (Å²) in [6.45, 7) is 12.8. The van der Waals surface area contributed by atoms with E-state index < -0.39 is 47.4 Å². The van der Waals surface area contributed by atoms with Crippen LogP contribution in [-0.2, 0) is 44.7 Å². The summed E-state index contributed by atoms with van der Waals surface area (Å²) in [7, 11) is 0. The molecular formula is C50H60N4O8. The number of fused-ring (bicyclic) bond motifs is 3. The van der Waals surface area contributed by atoms with Crippen LogP contribution in [0.25, 0.3) is 11.1 Å². The molecule has 0 bridgehead atoms. The third-order valence-corrected chi connectivity index (χ3v) is 11.5. The Balaban J connectivity index is 1.21. The summed E-state index contributed by atoms with van der Waals surface area (Å²) >= 11 is 0. The van der Waals surface area contributed by atoms with Gasteiger partial charge in [-0.15, -0.1) is 0 Å². The number of allylic oxidation sites excluding steroid dienone is 2. The van der Waals surface area contributed by atoms with Gasteiger partial charge in [-0.3, -0.25) is 24.0 Å². The van der Waals surface area contributed by atoms with Gasteiger partial charge in [0.1, 0.15) is 30.2 Å². The van der Waals surface area contributed by atoms with E-state index in [0.717, 1.165) is 27.8 Å². The van der Waals surface area contributed by atoms with E-state index >= 15 is 0 Å². The Hall–Kier alpha value is -6.04. The Morgan fingerprint density at radius 3 is 1.81 bits per heavy atom. The van der Waals surface area contributed by atoms with Crippen LogP contribution in [0.3, 0.4) is 0 Å². The molecule has 0 radical (unpaired) electrons. The molecule has 0 saturated carbocycles. The van der Waals surface area contributed by atoms with E-state index in [2.05, 4.69) is 22.8 Å². The molecule has 1 aliphatic carbocycles. The van der Waals surface area contributed by atoms with Crippen molar-refractivity contribution in [3.63, 3.8) is 0 Å². The molecule has 0 saturated heterocycles. The van der Waals surface area contributed by atoms with E-state index in [-0.39, 0.29) is 68.3 Å². The number of Topliss-reactive ketones (excluding diaryl/α,β-unsaturated/α-hetero) is 2. The van der Waals surface area contributed by atoms with Crippen LogP contribution in [0.2, 0.25) is 0 Å². The summed E-state index contributed by atoms with van der Waals surface area (Å²) < 4.78 is 11.7. The summed E-state index contributed by atoms with van der Waals surface area (Å²) in [5, 5.41) is 6.46. The summed E-state index contributed by atoms with van der Waals surface area (Å²) in [5.41, 5.74) is 5.07. The zero-order valence-electron chi connectivity index (χ0n) is 36.9. The highest BCUT2D eigenvalue weighted by atomic mass is 16.6. The zero-order chi connectivity index (χ0) is 44.7. The molecule has 328 valence electrons. The first-order valence-corrected chi connectivity index (χ1v) is 21.7. The van der Waals surface area contributed by atoms with Crippen molar-refractivity contribution in [2.75, 3.05) is 19.7 Å². The lowest BCUT2D eigenvalue weighted by atomic mass is 9.96. The van der Waals surface area contributed by atoms with E-state index in [4.69, 9.17) is 9.47 Å². The van der Waals surface area contributed by atoms with Crippen molar-refractivity contribution < 1.29 is 38.2 Å². The van der Waals surface area contributed by atoms with E-state index in [0.29, 0.717) is 24.2 Å². The maximum absolute atomic E-state index is 14.5. The monoisotopic (exact) mass is 844 g/mol. The van der Waals surface area contributed by atoms with Gasteiger partial charge in [0.15, 0.2) is 11.6 Å². The van der Waals surface area contributed by atoms with Gasteiger partial charge >= 0.3 is 11.9 Å². The van der Waals surface area contributed by atoms with Crippen molar-refractivity contribution in [3.8, 4) is 11.1 Å². The summed E-state index contributed by atoms with van der Waals surface area (Å²) in [4.78, 5) is 85.2. The molecule has 62 heavy (non-hydrogen) atoms. The molecule has 2 N–H and O–H groups in total. The summed E-state index contributed by atoms with van der Waals surface area (Å²) in [6.07, 6.45) is 4.14. The Labute approximate surface area is 365 Å². The van der Waals surface area contributed by atoms with Crippen molar-refractivity contribution >= 4 is 35.3 Å². The van der Waals surface area contributed by atoms with Gasteiger partial charge in [0.2, 0.25) is 11.8 Å². The van der Waals surface area contributed by atoms with Crippen LogP contribution in [-0.4, -0.2) is 82.5 Å². The molecule has 2 amide bonds. The molecule has 2 heterocycles. The largest absolute Gasteiger partial charge is 0.464 e. The molecule has 0 aromatic heterocycles. The topological polar surface area (TPSA) is 151 Å². The molecule has 4 atom stereocenters. The highest BCUT2D eigenvalue weighted by Gasteiger charge is 2.38. The number of carbonyl (C=O) groups is 6. The van der Waals surface area contributed by atoms with Gasteiger partial charge in [0.05, 0.1) is 13.1 Å². The lowest BCUT2D eigenvalue weighted by Gasteiger charge is -2.34. The second kappa shape index (κ2) is 19.8. The van der Waals surface area contributed by atoms with Crippen LogP contribution in [0.5, 0.6) is 0 Å². The molecular weight excluding hydrogens is 785 g/mol. The predicted octanol–water partition coefficient (Wildman–Crippen LogP) is 6.84.